The average molecular weight is 376 g/mol. The van der Waals surface area contributed by atoms with Gasteiger partial charge in [-0.25, -0.2) is 4.39 Å². The van der Waals surface area contributed by atoms with Crippen molar-refractivity contribution in [2.45, 2.75) is 50.4 Å². The first kappa shape index (κ1) is 20.5. The van der Waals surface area contributed by atoms with Crippen LogP contribution in [0.3, 0.4) is 0 Å². The van der Waals surface area contributed by atoms with Crippen LogP contribution in [0.15, 0.2) is 12.1 Å². The molecule has 0 radical (unpaired) electrons. The lowest BCUT2D eigenvalue weighted by Gasteiger charge is -2.32. The van der Waals surface area contributed by atoms with Gasteiger partial charge in [-0.15, -0.1) is 12.4 Å². The van der Waals surface area contributed by atoms with Crippen LogP contribution in [0, 0.1) is 11.7 Å². The Kier molecular flexibility index (Phi) is 7.13. The summed E-state index contributed by atoms with van der Waals surface area (Å²) >= 11 is 5.59. The summed E-state index contributed by atoms with van der Waals surface area (Å²) in [6, 6.07) is 0.0929. The van der Waals surface area contributed by atoms with Crippen LogP contribution < -0.4 is 5.73 Å². The minimum Gasteiger partial charge on any atom is -0.391 e. The summed E-state index contributed by atoms with van der Waals surface area (Å²) in [5, 5.41) is 9.86. The number of nitrogens with two attached hydrogens (primary N) is 1. The zero-order valence-electron chi connectivity index (χ0n) is 12.2. The minimum absolute atomic E-state index is 0. The Morgan fingerprint density at radius 3 is 2.26 bits per heavy atom. The molecule has 0 aliphatic heterocycles. The summed E-state index contributed by atoms with van der Waals surface area (Å²) in [5.74, 6) is -1.43. The van der Waals surface area contributed by atoms with Crippen LogP contribution in [0.4, 0.5) is 17.6 Å². The van der Waals surface area contributed by atoms with E-state index in [1.807, 2.05) is 0 Å². The van der Waals surface area contributed by atoms with E-state index in [4.69, 9.17) is 17.3 Å². The standard InChI is InChI=1S/C15H18ClF4NO.ClH/c16-10-7-6-9(15(18,19)20)11(12(10)17)13(21)14(22)8-4-2-1-3-5-8;/h6-8,13-14,22H,1-5,21H2;1H/t13-,14+;/m1./s1. The maximum absolute atomic E-state index is 14.1. The van der Waals surface area contributed by atoms with Crippen LogP contribution in [0.1, 0.15) is 49.3 Å². The molecule has 0 heterocycles. The Labute approximate surface area is 143 Å². The van der Waals surface area contributed by atoms with Crippen LogP contribution in [-0.2, 0) is 6.18 Å². The van der Waals surface area contributed by atoms with Gasteiger partial charge in [-0.05, 0) is 30.9 Å². The third-order valence-electron chi connectivity index (χ3n) is 4.27. The molecule has 1 aromatic carbocycles. The normalized spacial score (nSPS) is 19.1. The molecule has 1 aliphatic carbocycles. The fraction of sp³-hybridized carbons (Fsp3) is 0.600. The van der Waals surface area contributed by atoms with Crippen molar-refractivity contribution < 1.29 is 22.7 Å². The van der Waals surface area contributed by atoms with Crippen molar-refractivity contribution in [3.05, 3.63) is 34.1 Å². The SMILES string of the molecule is Cl.N[C@H](c1c(C(F)(F)F)ccc(Cl)c1F)[C@@H](O)C1CCCCC1. The molecule has 0 aromatic heterocycles. The van der Waals surface area contributed by atoms with E-state index < -0.39 is 40.3 Å². The van der Waals surface area contributed by atoms with Gasteiger partial charge in [-0.2, -0.15) is 13.2 Å². The quantitative estimate of drug-likeness (QED) is 0.740. The molecule has 0 saturated heterocycles. The predicted molar refractivity (Wildman–Crippen MR) is 83.2 cm³/mol. The number of hydrogen-bond donors (Lipinski definition) is 2. The van der Waals surface area contributed by atoms with E-state index >= 15 is 0 Å². The molecule has 8 heteroatoms. The van der Waals surface area contributed by atoms with Crippen molar-refractivity contribution in [1.29, 1.82) is 0 Å². The summed E-state index contributed by atoms with van der Waals surface area (Å²) in [4.78, 5) is 0. The first-order valence-corrected chi connectivity index (χ1v) is 7.60. The molecular weight excluding hydrogens is 357 g/mol. The van der Waals surface area contributed by atoms with Gasteiger partial charge in [0.1, 0.15) is 5.82 Å². The molecule has 0 unspecified atom stereocenters. The zero-order chi connectivity index (χ0) is 16.5. The second-order valence-electron chi connectivity index (χ2n) is 5.73. The second-order valence-corrected chi connectivity index (χ2v) is 6.14. The van der Waals surface area contributed by atoms with E-state index in [1.54, 1.807) is 0 Å². The smallest absolute Gasteiger partial charge is 0.391 e. The van der Waals surface area contributed by atoms with Crippen molar-refractivity contribution in [3.63, 3.8) is 0 Å². The highest BCUT2D eigenvalue weighted by Gasteiger charge is 2.39. The average Bonchev–Trinajstić information content (AvgIpc) is 2.48. The van der Waals surface area contributed by atoms with Gasteiger partial charge >= 0.3 is 6.18 Å². The fourth-order valence-corrected chi connectivity index (χ4v) is 3.24. The van der Waals surface area contributed by atoms with Crippen LogP contribution in [0.2, 0.25) is 5.02 Å². The first-order valence-electron chi connectivity index (χ1n) is 7.22. The molecule has 1 saturated carbocycles. The molecule has 0 spiro atoms. The summed E-state index contributed by atoms with van der Waals surface area (Å²) < 4.78 is 53.4. The van der Waals surface area contributed by atoms with Gasteiger partial charge in [0.2, 0.25) is 0 Å². The summed E-state index contributed by atoms with van der Waals surface area (Å²) in [6.07, 6.45) is -1.83. The Bertz CT molecular complexity index is 533. The fourth-order valence-electron chi connectivity index (χ4n) is 3.08. The first-order chi connectivity index (χ1) is 10.2. The second kappa shape index (κ2) is 8.01. The molecule has 0 amide bonds. The van der Waals surface area contributed by atoms with E-state index in [0.717, 1.165) is 25.3 Å². The summed E-state index contributed by atoms with van der Waals surface area (Å²) in [5.41, 5.74) is 3.85. The molecule has 2 rings (SSSR count). The van der Waals surface area contributed by atoms with E-state index in [0.29, 0.717) is 18.9 Å². The lowest BCUT2D eigenvalue weighted by molar-refractivity contribution is -0.139. The Morgan fingerprint density at radius 1 is 1.17 bits per heavy atom. The molecule has 0 bridgehead atoms. The topological polar surface area (TPSA) is 46.2 Å². The van der Waals surface area contributed by atoms with Gasteiger partial charge in [-0.1, -0.05) is 30.9 Å². The van der Waals surface area contributed by atoms with Gasteiger partial charge in [0.05, 0.1) is 22.7 Å². The van der Waals surface area contributed by atoms with Crippen molar-refractivity contribution in [2.75, 3.05) is 0 Å². The number of benzene rings is 1. The van der Waals surface area contributed by atoms with Crippen LogP contribution in [-0.4, -0.2) is 11.2 Å². The van der Waals surface area contributed by atoms with Crippen molar-refractivity contribution in [2.24, 2.45) is 11.7 Å². The highest BCUT2D eigenvalue weighted by molar-refractivity contribution is 6.30. The summed E-state index contributed by atoms with van der Waals surface area (Å²) in [7, 11) is 0. The number of hydrogen-bond acceptors (Lipinski definition) is 2. The molecule has 1 aromatic rings. The summed E-state index contributed by atoms with van der Waals surface area (Å²) in [6.45, 7) is 0. The van der Waals surface area contributed by atoms with E-state index in [2.05, 4.69) is 0 Å². The third-order valence-corrected chi connectivity index (χ3v) is 4.56. The highest BCUT2D eigenvalue weighted by atomic mass is 35.5. The van der Waals surface area contributed by atoms with Gasteiger partial charge in [0, 0.05) is 5.56 Å². The third kappa shape index (κ3) is 4.50. The van der Waals surface area contributed by atoms with E-state index in [9.17, 15) is 22.7 Å². The van der Waals surface area contributed by atoms with E-state index in [-0.39, 0.29) is 18.3 Å². The number of rotatable bonds is 3. The molecule has 23 heavy (non-hydrogen) atoms. The van der Waals surface area contributed by atoms with Crippen LogP contribution in [0.25, 0.3) is 0 Å². The molecule has 3 N–H and O–H groups in total. The molecule has 2 atom stereocenters. The molecule has 2 nitrogen and oxygen atoms in total. The van der Waals surface area contributed by atoms with Gasteiger partial charge < -0.3 is 10.8 Å². The Hall–Kier alpha value is -0.560. The number of aliphatic hydroxyl groups excluding tert-OH is 1. The van der Waals surface area contributed by atoms with Crippen molar-refractivity contribution in [1.82, 2.24) is 0 Å². The highest BCUT2D eigenvalue weighted by Crippen LogP contribution is 2.40. The van der Waals surface area contributed by atoms with Gasteiger partial charge in [-0.3, -0.25) is 0 Å². The molecule has 1 fully saturated rings. The lowest BCUT2D eigenvalue weighted by Crippen LogP contribution is -2.36. The van der Waals surface area contributed by atoms with Crippen LogP contribution >= 0.6 is 24.0 Å². The lowest BCUT2D eigenvalue weighted by atomic mass is 9.80. The van der Waals surface area contributed by atoms with Crippen molar-refractivity contribution in [3.8, 4) is 0 Å². The van der Waals surface area contributed by atoms with E-state index in [1.165, 1.54) is 0 Å². The van der Waals surface area contributed by atoms with Gasteiger partial charge in [0.15, 0.2) is 0 Å². The zero-order valence-corrected chi connectivity index (χ0v) is 13.8. The number of alkyl halides is 3. The minimum atomic E-state index is -4.76. The van der Waals surface area contributed by atoms with Crippen LogP contribution in [0.5, 0.6) is 0 Å². The maximum atomic E-state index is 14.1. The maximum Gasteiger partial charge on any atom is 0.416 e. The Morgan fingerprint density at radius 2 is 1.74 bits per heavy atom. The monoisotopic (exact) mass is 375 g/mol. The predicted octanol–water partition coefficient (Wildman–Crippen LogP) is 4.86. The molecular formula is C15H19Cl2F4NO. The largest absolute Gasteiger partial charge is 0.416 e. The molecule has 1 aliphatic rings. The number of aliphatic hydroxyl groups is 1. The van der Waals surface area contributed by atoms with Crippen molar-refractivity contribution >= 4 is 24.0 Å². The van der Waals surface area contributed by atoms with Gasteiger partial charge in [0.25, 0.3) is 0 Å². The Balaban J connectivity index is 0.00000264. The number of halogens is 6. The molecule has 132 valence electrons.